The van der Waals surface area contributed by atoms with Crippen LogP contribution in [0.25, 0.3) is 0 Å². The van der Waals surface area contributed by atoms with Crippen LogP contribution in [-0.4, -0.2) is 58.0 Å². The van der Waals surface area contributed by atoms with Gasteiger partial charge in [-0.2, -0.15) is 0 Å². The molecule has 10 nitrogen and oxygen atoms in total. The van der Waals surface area contributed by atoms with Crippen LogP contribution >= 0.6 is 11.8 Å². The van der Waals surface area contributed by atoms with Gasteiger partial charge in [-0.15, -0.1) is 11.8 Å². The number of nitro benzene ring substituents is 1. The van der Waals surface area contributed by atoms with Crippen LogP contribution in [-0.2, 0) is 30.5 Å². The summed E-state index contributed by atoms with van der Waals surface area (Å²) < 4.78 is 10.5. The number of nitrogens with two attached hydrogens (primary N) is 1. The third-order valence-corrected chi connectivity index (χ3v) is 6.30. The highest BCUT2D eigenvalue weighted by Gasteiger charge is 2.56. The van der Waals surface area contributed by atoms with E-state index in [1.165, 1.54) is 47.9 Å². The Kier molecular flexibility index (Phi) is 5.57. The van der Waals surface area contributed by atoms with Crippen molar-refractivity contribution in [1.82, 2.24) is 4.90 Å². The van der Waals surface area contributed by atoms with Crippen LogP contribution < -0.4 is 5.73 Å². The smallest absolute Gasteiger partial charge is 0.318 e. The summed E-state index contributed by atoms with van der Waals surface area (Å²) in [5.74, 6) is -1.11. The number of carbonyl (C=O) groups excluding carboxylic acids is 3. The molecule has 3 atom stereocenters. The second kappa shape index (κ2) is 7.76. The van der Waals surface area contributed by atoms with Gasteiger partial charge >= 0.3 is 11.9 Å². The Morgan fingerprint density at radius 2 is 2.04 bits per heavy atom. The maximum atomic E-state index is 12.8. The van der Waals surface area contributed by atoms with E-state index in [1.54, 1.807) is 0 Å². The normalized spacial score (nSPS) is 26.1. The monoisotopic (exact) mass is 409 g/mol. The average molecular weight is 409 g/mol. The third-order valence-electron chi connectivity index (χ3n) is 4.69. The minimum Gasteiger partial charge on any atom is -0.465 e. The van der Waals surface area contributed by atoms with Gasteiger partial charge in [-0.3, -0.25) is 24.5 Å². The van der Waals surface area contributed by atoms with Gasteiger partial charge in [0.1, 0.15) is 30.0 Å². The average Bonchev–Trinajstić information content (AvgIpc) is 2.69. The number of benzene rings is 1. The molecule has 28 heavy (non-hydrogen) atoms. The van der Waals surface area contributed by atoms with Gasteiger partial charge < -0.3 is 20.1 Å². The number of hydrogen-bond donors (Lipinski definition) is 1. The second-order valence-corrected chi connectivity index (χ2v) is 7.86. The summed E-state index contributed by atoms with van der Waals surface area (Å²) in [6.45, 7) is 0.989. The van der Waals surface area contributed by atoms with Crippen LogP contribution in [0.15, 0.2) is 24.3 Å². The van der Waals surface area contributed by atoms with Gasteiger partial charge in [0, 0.05) is 31.4 Å². The quantitative estimate of drug-likeness (QED) is 0.306. The molecule has 2 N–H and O–H groups in total. The molecule has 2 aliphatic rings. The predicted octanol–water partition coefficient (Wildman–Crippen LogP) is 0.430. The van der Waals surface area contributed by atoms with Crippen LogP contribution in [0.2, 0.25) is 0 Å². The first-order valence-corrected chi connectivity index (χ1v) is 9.50. The molecule has 3 rings (SSSR count). The van der Waals surface area contributed by atoms with Crippen molar-refractivity contribution >= 4 is 35.3 Å². The summed E-state index contributed by atoms with van der Waals surface area (Å²) in [4.78, 5) is 47.8. The zero-order chi connectivity index (χ0) is 20.5. The van der Waals surface area contributed by atoms with Crippen LogP contribution in [0.1, 0.15) is 12.5 Å². The molecular formula is C17H19N3O7S. The highest BCUT2D eigenvalue weighted by molar-refractivity contribution is 8.00. The lowest BCUT2D eigenvalue weighted by Gasteiger charge is -2.52. The van der Waals surface area contributed by atoms with Gasteiger partial charge in [0.15, 0.2) is 0 Å². The van der Waals surface area contributed by atoms with E-state index in [9.17, 15) is 24.5 Å². The summed E-state index contributed by atoms with van der Waals surface area (Å²) in [6.07, 6.45) is 0. The second-order valence-electron chi connectivity index (χ2n) is 6.75. The maximum Gasteiger partial charge on any atom is 0.318 e. The molecule has 2 aliphatic heterocycles. The van der Waals surface area contributed by atoms with Gasteiger partial charge in [0.25, 0.3) is 5.69 Å². The lowest BCUT2D eigenvalue weighted by Crippen LogP contribution is -2.72. The Hall–Kier alpha value is -2.66. The minimum atomic E-state index is -1.19. The van der Waals surface area contributed by atoms with E-state index >= 15 is 0 Å². The van der Waals surface area contributed by atoms with Crippen molar-refractivity contribution in [3.8, 4) is 0 Å². The predicted molar refractivity (Wildman–Crippen MR) is 97.9 cm³/mol. The number of amides is 1. The molecule has 150 valence electrons. The fourth-order valence-electron chi connectivity index (χ4n) is 3.05. The molecular weight excluding hydrogens is 390 g/mol. The number of fused-ring (bicyclic) bond motifs is 1. The van der Waals surface area contributed by atoms with Gasteiger partial charge in [0.05, 0.1) is 4.92 Å². The molecule has 1 amide bonds. The number of ether oxygens (including phenoxy) is 2. The number of nitrogens with zero attached hydrogens (tertiary/aromatic N) is 2. The Balaban J connectivity index is 1.69. The van der Waals surface area contributed by atoms with Gasteiger partial charge in [0.2, 0.25) is 5.91 Å². The van der Waals surface area contributed by atoms with Crippen LogP contribution in [0.3, 0.4) is 0 Å². The molecule has 0 radical (unpaired) electrons. The molecule has 0 aromatic heterocycles. The van der Waals surface area contributed by atoms with Crippen molar-refractivity contribution in [2.75, 3.05) is 18.9 Å². The number of hydrogen-bond acceptors (Lipinski definition) is 9. The lowest BCUT2D eigenvalue weighted by atomic mass is 9.88. The van der Waals surface area contributed by atoms with E-state index in [-0.39, 0.29) is 36.7 Å². The topological polar surface area (TPSA) is 142 Å². The van der Waals surface area contributed by atoms with Crippen molar-refractivity contribution < 1.29 is 28.8 Å². The standard InChI is InChI=1S/C17H19N3O7S/c1-10(21)27-8-17(7-19-14(22)13(18)15(19)28-9-17)16(23)26-6-11-2-4-12(5-3-11)20(24)25/h2-5,13,15H,6-9,18H2,1H3/t13?,15-,17?/m1/s1. The highest BCUT2D eigenvalue weighted by atomic mass is 32.2. The Labute approximate surface area is 164 Å². The van der Waals surface area contributed by atoms with E-state index in [1.807, 2.05) is 0 Å². The summed E-state index contributed by atoms with van der Waals surface area (Å²) in [6, 6.07) is 5.03. The molecule has 1 aromatic carbocycles. The Morgan fingerprint density at radius 1 is 1.36 bits per heavy atom. The van der Waals surface area contributed by atoms with E-state index in [4.69, 9.17) is 15.2 Å². The van der Waals surface area contributed by atoms with Crippen molar-refractivity contribution in [2.45, 2.75) is 24.9 Å². The lowest BCUT2D eigenvalue weighted by molar-refractivity contribution is -0.384. The van der Waals surface area contributed by atoms with Crippen LogP contribution in [0.4, 0.5) is 5.69 Å². The molecule has 0 bridgehead atoms. The minimum absolute atomic E-state index is 0.0591. The maximum absolute atomic E-state index is 12.8. The number of nitro groups is 1. The van der Waals surface area contributed by atoms with Crippen LogP contribution in [0.5, 0.6) is 0 Å². The Bertz CT molecular complexity index is 815. The first kappa shape index (κ1) is 20.1. The molecule has 2 fully saturated rings. The van der Waals surface area contributed by atoms with E-state index < -0.39 is 28.3 Å². The first-order chi connectivity index (χ1) is 13.2. The molecule has 1 aromatic rings. The zero-order valence-corrected chi connectivity index (χ0v) is 15.8. The largest absolute Gasteiger partial charge is 0.465 e. The zero-order valence-electron chi connectivity index (χ0n) is 15.0. The summed E-state index contributed by atoms with van der Waals surface area (Å²) in [5, 5.41) is 10.5. The van der Waals surface area contributed by atoms with Gasteiger partial charge in [-0.1, -0.05) is 0 Å². The van der Waals surface area contributed by atoms with Gasteiger partial charge in [-0.05, 0) is 17.7 Å². The van der Waals surface area contributed by atoms with E-state index in [2.05, 4.69) is 0 Å². The van der Waals surface area contributed by atoms with Crippen molar-refractivity contribution in [3.63, 3.8) is 0 Å². The Morgan fingerprint density at radius 3 is 2.64 bits per heavy atom. The number of rotatable bonds is 6. The number of thioether (sulfide) groups is 1. The molecule has 2 heterocycles. The highest BCUT2D eigenvalue weighted by Crippen LogP contribution is 2.42. The number of carbonyl (C=O) groups is 3. The molecule has 0 spiro atoms. The van der Waals surface area contributed by atoms with Crippen LogP contribution in [0, 0.1) is 15.5 Å². The van der Waals surface area contributed by atoms with E-state index in [0.717, 1.165) is 0 Å². The van der Waals surface area contributed by atoms with Crippen molar-refractivity contribution in [1.29, 1.82) is 0 Å². The summed E-state index contributed by atoms with van der Waals surface area (Å²) >= 11 is 1.35. The number of non-ortho nitro benzene ring substituents is 1. The fraction of sp³-hybridized carbons (Fsp3) is 0.471. The molecule has 11 heteroatoms. The fourth-order valence-corrected chi connectivity index (χ4v) is 4.52. The third kappa shape index (κ3) is 3.80. The summed E-state index contributed by atoms with van der Waals surface area (Å²) in [7, 11) is 0. The van der Waals surface area contributed by atoms with Crippen molar-refractivity contribution in [3.05, 3.63) is 39.9 Å². The first-order valence-electron chi connectivity index (χ1n) is 8.45. The molecule has 0 saturated carbocycles. The number of esters is 2. The SMILES string of the molecule is CC(=O)OCC1(C(=O)OCc2ccc([N+](=O)[O-])cc2)CS[C@@H]2C(N)C(=O)N2C1. The summed E-state index contributed by atoms with van der Waals surface area (Å²) in [5.41, 5.74) is 5.09. The van der Waals surface area contributed by atoms with Crippen molar-refractivity contribution in [2.24, 2.45) is 11.1 Å². The number of β-lactam (4-membered cyclic amide) rings is 1. The molecule has 0 aliphatic carbocycles. The van der Waals surface area contributed by atoms with E-state index in [0.29, 0.717) is 11.3 Å². The molecule has 2 saturated heterocycles. The molecule has 2 unspecified atom stereocenters. The van der Waals surface area contributed by atoms with Gasteiger partial charge in [-0.25, -0.2) is 0 Å².